The molecule has 0 atom stereocenters. The Balaban J connectivity index is 0.000000405. The van der Waals surface area contributed by atoms with Crippen molar-refractivity contribution in [1.29, 1.82) is 0 Å². The van der Waals surface area contributed by atoms with Crippen LogP contribution < -0.4 is 12.4 Å². The minimum atomic E-state index is 0. The first-order valence-electron chi connectivity index (χ1n) is 3.16. The Morgan fingerprint density at radius 2 is 1.89 bits per heavy atom. The second kappa shape index (κ2) is 1.87. The fourth-order valence-corrected chi connectivity index (χ4v) is 1.44. The molecular weight excluding hydrogens is 136 g/mol. The van der Waals surface area contributed by atoms with Crippen molar-refractivity contribution in [2.75, 3.05) is 13.3 Å². The van der Waals surface area contributed by atoms with Gasteiger partial charge in [-0.1, -0.05) is 13.8 Å². The van der Waals surface area contributed by atoms with Crippen LogP contribution in [0, 0.1) is 5.92 Å². The standard InChI is InChI=1S/C6H11N2.ClH/c1-5(2)6-7-3-8(6)4-7;/h5H,3-4H2,1-2H3;1H/q+1;/p-1. The van der Waals surface area contributed by atoms with Crippen molar-refractivity contribution in [3.63, 3.8) is 0 Å². The van der Waals surface area contributed by atoms with E-state index in [0.717, 1.165) is 5.92 Å². The molecule has 0 saturated carbocycles. The van der Waals surface area contributed by atoms with Gasteiger partial charge in [-0.3, -0.25) is 0 Å². The molecule has 9 heavy (non-hydrogen) atoms. The van der Waals surface area contributed by atoms with Crippen LogP contribution in [0.4, 0.5) is 0 Å². The summed E-state index contributed by atoms with van der Waals surface area (Å²) in [7, 11) is 0. The highest BCUT2D eigenvalue weighted by atomic mass is 35.5. The highest BCUT2D eigenvalue weighted by Crippen LogP contribution is 2.21. The van der Waals surface area contributed by atoms with E-state index in [1.165, 1.54) is 13.3 Å². The molecule has 0 aromatic carbocycles. The van der Waals surface area contributed by atoms with Gasteiger partial charge in [-0.2, -0.15) is 9.48 Å². The minimum Gasteiger partial charge on any atom is -1.00 e. The summed E-state index contributed by atoms with van der Waals surface area (Å²) in [5, 5.41) is 0. The Hall–Kier alpha value is -0.240. The van der Waals surface area contributed by atoms with Gasteiger partial charge in [-0.05, 0) is 0 Å². The number of rotatable bonds is 1. The zero-order valence-corrected chi connectivity index (χ0v) is 6.52. The summed E-state index contributed by atoms with van der Waals surface area (Å²) in [6.45, 7) is 6.89. The molecular formula is C6H11ClN2. The van der Waals surface area contributed by atoms with E-state index in [1.54, 1.807) is 5.84 Å². The van der Waals surface area contributed by atoms with Crippen molar-refractivity contribution in [3.8, 4) is 0 Å². The maximum atomic E-state index is 2.41. The quantitative estimate of drug-likeness (QED) is 0.365. The van der Waals surface area contributed by atoms with Gasteiger partial charge in [-0.15, -0.1) is 0 Å². The molecule has 0 N–H and O–H groups in total. The van der Waals surface area contributed by atoms with Gasteiger partial charge in [0.2, 0.25) is 13.3 Å². The van der Waals surface area contributed by atoms with Crippen molar-refractivity contribution in [1.82, 2.24) is 4.90 Å². The first kappa shape index (κ1) is 6.87. The number of halogens is 1. The molecule has 1 fully saturated rings. The molecule has 3 heteroatoms. The molecule has 1 saturated heterocycles. The summed E-state index contributed by atoms with van der Waals surface area (Å²) in [6.07, 6.45) is 0. The van der Waals surface area contributed by atoms with Crippen molar-refractivity contribution in [2.45, 2.75) is 13.8 Å². The predicted octanol–water partition coefficient (Wildman–Crippen LogP) is -2.70. The summed E-state index contributed by atoms with van der Waals surface area (Å²) < 4.78 is 2.41. The Labute approximate surface area is 61.6 Å². The first-order chi connectivity index (χ1) is 3.79. The van der Waals surface area contributed by atoms with E-state index in [0.29, 0.717) is 0 Å². The molecule has 3 rings (SSSR count). The highest BCUT2D eigenvalue weighted by Gasteiger charge is 2.49. The van der Waals surface area contributed by atoms with Crippen LogP contribution in [0.3, 0.4) is 0 Å². The average molecular weight is 147 g/mol. The third-order valence-electron chi connectivity index (χ3n) is 1.85. The lowest BCUT2D eigenvalue weighted by Crippen LogP contribution is -3.00. The molecule has 0 spiro atoms. The van der Waals surface area contributed by atoms with Crippen LogP contribution in [0.5, 0.6) is 0 Å². The SMILES string of the molecule is CC(C)C1=[N+]2CN1C2.[Cl-]. The molecule has 0 aromatic rings. The van der Waals surface area contributed by atoms with Crippen LogP contribution in [-0.4, -0.2) is 28.6 Å². The monoisotopic (exact) mass is 146 g/mol. The molecule has 2 bridgehead atoms. The lowest BCUT2D eigenvalue weighted by Gasteiger charge is -2.41. The van der Waals surface area contributed by atoms with E-state index in [2.05, 4.69) is 23.3 Å². The molecule has 3 heterocycles. The van der Waals surface area contributed by atoms with Crippen molar-refractivity contribution in [3.05, 3.63) is 0 Å². The van der Waals surface area contributed by atoms with Gasteiger partial charge in [0.15, 0.2) is 0 Å². The molecule has 0 aromatic heterocycles. The Kier molecular flexibility index (Phi) is 1.43. The van der Waals surface area contributed by atoms with E-state index in [1.807, 2.05) is 0 Å². The maximum Gasteiger partial charge on any atom is 0.262 e. The minimum absolute atomic E-state index is 0. The van der Waals surface area contributed by atoms with Crippen LogP contribution >= 0.6 is 0 Å². The van der Waals surface area contributed by atoms with Crippen LogP contribution in [0.1, 0.15) is 13.8 Å². The average Bonchev–Trinajstić information content (AvgIpc) is 1.14. The highest BCUT2D eigenvalue weighted by molar-refractivity contribution is 5.83. The van der Waals surface area contributed by atoms with Gasteiger partial charge < -0.3 is 12.4 Å². The van der Waals surface area contributed by atoms with E-state index in [-0.39, 0.29) is 12.4 Å². The zero-order valence-electron chi connectivity index (χ0n) is 5.76. The topological polar surface area (TPSA) is 6.25 Å². The molecule has 0 unspecified atom stereocenters. The number of amidine groups is 1. The Morgan fingerprint density at radius 3 is 1.89 bits per heavy atom. The van der Waals surface area contributed by atoms with Crippen molar-refractivity contribution in [2.24, 2.45) is 5.92 Å². The predicted molar refractivity (Wildman–Crippen MR) is 31.7 cm³/mol. The molecule has 0 radical (unpaired) electrons. The smallest absolute Gasteiger partial charge is 0.262 e. The summed E-state index contributed by atoms with van der Waals surface area (Å²) >= 11 is 0. The summed E-state index contributed by atoms with van der Waals surface area (Å²) in [6, 6.07) is 0. The first-order valence-corrected chi connectivity index (χ1v) is 3.16. The van der Waals surface area contributed by atoms with E-state index in [4.69, 9.17) is 0 Å². The number of hydrogen-bond acceptors (Lipinski definition) is 1. The van der Waals surface area contributed by atoms with Gasteiger partial charge in [0.1, 0.15) is 0 Å². The Morgan fingerprint density at radius 1 is 1.44 bits per heavy atom. The van der Waals surface area contributed by atoms with Gasteiger partial charge in [0, 0.05) is 0 Å². The van der Waals surface area contributed by atoms with Gasteiger partial charge in [0.05, 0.1) is 5.92 Å². The van der Waals surface area contributed by atoms with Crippen molar-refractivity contribution < 1.29 is 17.0 Å². The van der Waals surface area contributed by atoms with Gasteiger partial charge in [0.25, 0.3) is 5.84 Å². The van der Waals surface area contributed by atoms with Gasteiger partial charge in [-0.25, -0.2) is 0 Å². The second-order valence-electron chi connectivity index (χ2n) is 2.88. The van der Waals surface area contributed by atoms with Crippen LogP contribution in [0.25, 0.3) is 0 Å². The molecule has 0 aliphatic carbocycles. The maximum absolute atomic E-state index is 2.41. The summed E-state index contributed by atoms with van der Waals surface area (Å²) in [5.74, 6) is 2.29. The van der Waals surface area contributed by atoms with E-state index < -0.39 is 0 Å². The lowest BCUT2D eigenvalue weighted by atomic mass is 10.1. The van der Waals surface area contributed by atoms with Crippen LogP contribution in [0.15, 0.2) is 0 Å². The molecule has 52 valence electrons. The van der Waals surface area contributed by atoms with E-state index >= 15 is 0 Å². The van der Waals surface area contributed by atoms with Crippen LogP contribution in [0.2, 0.25) is 0 Å². The third kappa shape index (κ3) is 0.659. The largest absolute Gasteiger partial charge is 1.00 e. The van der Waals surface area contributed by atoms with Gasteiger partial charge >= 0.3 is 0 Å². The Bertz CT molecular complexity index is 154. The van der Waals surface area contributed by atoms with Crippen molar-refractivity contribution >= 4 is 5.84 Å². The molecule has 0 amide bonds. The summed E-state index contributed by atoms with van der Waals surface area (Å²) in [5.41, 5.74) is 0. The molecule has 3 aliphatic heterocycles. The third-order valence-corrected chi connectivity index (χ3v) is 1.85. The summed E-state index contributed by atoms with van der Waals surface area (Å²) in [4.78, 5) is 2.41. The van der Waals surface area contributed by atoms with Crippen LogP contribution in [-0.2, 0) is 0 Å². The number of nitrogens with zero attached hydrogens (tertiary/aromatic N) is 2. The molecule has 3 aliphatic rings. The lowest BCUT2D eigenvalue weighted by molar-refractivity contribution is -0.699. The molecule has 2 nitrogen and oxygen atoms in total. The fourth-order valence-electron chi connectivity index (χ4n) is 1.44. The fraction of sp³-hybridized carbons (Fsp3) is 0.833. The second-order valence-corrected chi connectivity index (χ2v) is 2.88. The zero-order chi connectivity index (χ0) is 5.72. The normalized spacial score (nSPS) is 21.0. The number of hydrogen-bond donors (Lipinski definition) is 0. The van der Waals surface area contributed by atoms with E-state index in [9.17, 15) is 0 Å².